The van der Waals surface area contributed by atoms with E-state index >= 15 is 0 Å². The van der Waals surface area contributed by atoms with Crippen LogP contribution >= 0.6 is 0 Å². The van der Waals surface area contributed by atoms with Crippen molar-refractivity contribution in [1.82, 2.24) is 5.32 Å². The van der Waals surface area contributed by atoms with Gasteiger partial charge in [-0.15, -0.1) is 0 Å². The molecule has 0 unspecified atom stereocenters. The molecule has 2 rings (SSSR count). The zero-order valence-electron chi connectivity index (χ0n) is 11.6. The average Bonchev–Trinajstić information content (AvgIpc) is 2.42. The standard InChI is InChI=1S/C10H13NO.C7H8/c1-2-11-10(12)8-9-6-4-3-5-7-9;1-7-5-3-2-4-6-7/h3-7H,2,8H2,1H3,(H,11,12);2-6H,1H3. The van der Waals surface area contributed by atoms with Crippen LogP contribution in [0.15, 0.2) is 60.7 Å². The SMILES string of the molecule is CCNC(=O)Cc1ccccc1.Cc1ccccc1. The van der Waals surface area contributed by atoms with E-state index in [1.807, 2.05) is 55.5 Å². The van der Waals surface area contributed by atoms with Crippen molar-refractivity contribution in [2.24, 2.45) is 0 Å². The van der Waals surface area contributed by atoms with E-state index in [1.165, 1.54) is 5.56 Å². The van der Waals surface area contributed by atoms with Crippen molar-refractivity contribution in [2.75, 3.05) is 6.54 Å². The molecule has 100 valence electrons. The molecular weight excluding hydrogens is 234 g/mol. The van der Waals surface area contributed by atoms with Crippen molar-refractivity contribution in [2.45, 2.75) is 20.3 Å². The Morgan fingerprint density at radius 2 is 1.47 bits per heavy atom. The molecule has 2 heteroatoms. The van der Waals surface area contributed by atoms with Crippen LogP contribution in [-0.4, -0.2) is 12.5 Å². The number of nitrogens with one attached hydrogen (secondary N) is 1. The van der Waals surface area contributed by atoms with Gasteiger partial charge in [-0.25, -0.2) is 0 Å². The zero-order chi connectivity index (χ0) is 13.9. The predicted molar refractivity (Wildman–Crippen MR) is 80.0 cm³/mol. The summed E-state index contributed by atoms with van der Waals surface area (Å²) in [5.74, 6) is 0.0868. The van der Waals surface area contributed by atoms with Crippen LogP contribution in [0.4, 0.5) is 0 Å². The second kappa shape index (κ2) is 8.92. The Hall–Kier alpha value is -2.09. The maximum Gasteiger partial charge on any atom is 0.224 e. The van der Waals surface area contributed by atoms with E-state index in [-0.39, 0.29) is 5.91 Å². The Morgan fingerprint density at radius 1 is 0.947 bits per heavy atom. The quantitative estimate of drug-likeness (QED) is 0.895. The van der Waals surface area contributed by atoms with Crippen LogP contribution in [0.3, 0.4) is 0 Å². The lowest BCUT2D eigenvalue weighted by Gasteiger charge is -2.00. The van der Waals surface area contributed by atoms with Crippen molar-refractivity contribution in [3.05, 3.63) is 71.8 Å². The van der Waals surface area contributed by atoms with Gasteiger partial charge in [-0.2, -0.15) is 0 Å². The van der Waals surface area contributed by atoms with Crippen molar-refractivity contribution in [1.29, 1.82) is 0 Å². The van der Waals surface area contributed by atoms with Crippen LogP contribution in [0.5, 0.6) is 0 Å². The molecule has 0 aliphatic carbocycles. The minimum Gasteiger partial charge on any atom is -0.356 e. The summed E-state index contributed by atoms with van der Waals surface area (Å²) in [5.41, 5.74) is 2.38. The molecule has 0 aliphatic rings. The van der Waals surface area contributed by atoms with E-state index in [2.05, 4.69) is 24.4 Å². The van der Waals surface area contributed by atoms with E-state index in [1.54, 1.807) is 0 Å². The molecule has 0 aliphatic heterocycles. The molecule has 1 amide bonds. The van der Waals surface area contributed by atoms with Gasteiger partial charge in [-0.3, -0.25) is 4.79 Å². The summed E-state index contributed by atoms with van der Waals surface area (Å²) in [6.45, 7) is 4.70. The highest BCUT2D eigenvalue weighted by atomic mass is 16.1. The fraction of sp³-hybridized carbons (Fsp3) is 0.235. The zero-order valence-corrected chi connectivity index (χ0v) is 11.6. The van der Waals surface area contributed by atoms with Gasteiger partial charge in [0.25, 0.3) is 0 Å². The van der Waals surface area contributed by atoms with Gasteiger partial charge in [0.15, 0.2) is 0 Å². The molecule has 0 saturated carbocycles. The summed E-state index contributed by atoms with van der Waals surface area (Å²) in [5, 5.41) is 2.76. The number of hydrogen-bond acceptors (Lipinski definition) is 1. The van der Waals surface area contributed by atoms with E-state index in [9.17, 15) is 4.79 Å². The number of likely N-dealkylation sites (N-methyl/N-ethyl adjacent to an activating group) is 1. The number of hydrogen-bond donors (Lipinski definition) is 1. The number of rotatable bonds is 3. The Kier molecular flexibility index (Phi) is 7.03. The number of amides is 1. The third kappa shape index (κ3) is 7.04. The molecule has 0 aromatic heterocycles. The molecule has 0 heterocycles. The van der Waals surface area contributed by atoms with Crippen LogP contribution in [0.2, 0.25) is 0 Å². The second-order valence-corrected chi connectivity index (χ2v) is 4.27. The molecule has 0 spiro atoms. The maximum atomic E-state index is 11.1. The number of carbonyl (C=O) groups is 1. The van der Waals surface area contributed by atoms with Gasteiger partial charge in [-0.05, 0) is 19.4 Å². The molecule has 2 aromatic carbocycles. The first kappa shape index (κ1) is 15.0. The number of benzene rings is 2. The van der Waals surface area contributed by atoms with Gasteiger partial charge in [0, 0.05) is 6.54 Å². The second-order valence-electron chi connectivity index (χ2n) is 4.27. The number of aryl methyl sites for hydroxylation is 1. The highest BCUT2D eigenvalue weighted by molar-refractivity contribution is 5.78. The largest absolute Gasteiger partial charge is 0.356 e. The molecule has 2 aromatic rings. The molecule has 0 fully saturated rings. The van der Waals surface area contributed by atoms with Gasteiger partial charge in [0.05, 0.1) is 6.42 Å². The van der Waals surface area contributed by atoms with Gasteiger partial charge in [0.2, 0.25) is 5.91 Å². The van der Waals surface area contributed by atoms with Crippen LogP contribution in [0.1, 0.15) is 18.1 Å². The minimum absolute atomic E-state index is 0.0868. The Labute approximate surface area is 115 Å². The van der Waals surface area contributed by atoms with Crippen LogP contribution in [0, 0.1) is 6.92 Å². The van der Waals surface area contributed by atoms with E-state index in [4.69, 9.17) is 0 Å². The normalized spacial score (nSPS) is 9.16. The van der Waals surface area contributed by atoms with Crippen molar-refractivity contribution < 1.29 is 4.79 Å². The van der Waals surface area contributed by atoms with Gasteiger partial charge >= 0.3 is 0 Å². The molecule has 2 nitrogen and oxygen atoms in total. The van der Waals surface area contributed by atoms with Crippen LogP contribution in [0.25, 0.3) is 0 Å². The fourth-order valence-corrected chi connectivity index (χ4v) is 1.58. The molecule has 0 radical (unpaired) electrons. The monoisotopic (exact) mass is 255 g/mol. The first-order valence-electron chi connectivity index (χ1n) is 6.54. The fourth-order valence-electron chi connectivity index (χ4n) is 1.58. The molecular formula is C17H21NO. The molecule has 0 bridgehead atoms. The Balaban J connectivity index is 0.000000218. The van der Waals surface area contributed by atoms with E-state index in [0.29, 0.717) is 13.0 Å². The van der Waals surface area contributed by atoms with Crippen molar-refractivity contribution in [3.63, 3.8) is 0 Å². The summed E-state index contributed by atoms with van der Waals surface area (Å²) in [6.07, 6.45) is 0.481. The highest BCUT2D eigenvalue weighted by Gasteiger charge is 1.99. The lowest BCUT2D eigenvalue weighted by Crippen LogP contribution is -2.24. The third-order valence-corrected chi connectivity index (χ3v) is 2.52. The topological polar surface area (TPSA) is 29.1 Å². The number of carbonyl (C=O) groups excluding carboxylic acids is 1. The molecule has 1 N–H and O–H groups in total. The predicted octanol–water partition coefficient (Wildman–Crippen LogP) is 3.36. The summed E-state index contributed by atoms with van der Waals surface area (Å²) < 4.78 is 0. The molecule has 0 atom stereocenters. The molecule has 19 heavy (non-hydrogen) atoms. The first-order valence-corrected chi connectivity index (χ1v) is 6.54. The Bertz CT molecular complexity index is 465. The summed E-state index contributed by atoms with van der Waals surface area (Å²) >= 11 is 0. The molecule has 0 saturated heterocycles. The summed E-state index contributed by atoms with van der Waals surface area (Å²) in [4.78, 5) is 11.1. The van der Waals surface area contributed by atoms with Gasteiger partial charge in [-0.1, -0.05) is 66.2 Å². The van der Waals surface area contributed by atoms with E-state index in [0.717, 1.165) is 5.56 Å². The average molecular weight is 255 g/mol. The highest BCUT2D eigenvalue weighted by Crippen LogP contribution is 1.98. The van der Waals surface area contributed by atoms with Gasteiger partial charge in [0.1, 0.15) is 0 Å². The Morgan fingerprint density at radius 3 is 1.89 bits per heavy atom. The van der Waals surface area contributed by atoms with Crippen LogP contribution < -0.4 is 5.32 Å². The third-order valence-electron chi connectivity index (χ3n) is 2.52. The summed E-state index contributed by atoms with van der Waals surface area (Å²) in [7, 11) is 0. The van der Waals surface area contributed by atoms with Crippen molar-refractivity contribution >= 4 is 5.91 Å². The maximum absolute atomic E-state index is 11.1. The lowest BCUT2D eigenvalue weighted by molar-refractivity contribution is -0.120. The first-order chi connectivity index (χ1) is 9.22. The van der Waals surface area contributed by atoms with Crippen LogP contribution in [-0.2, 0) is 11.2 Å². The van der Waals surface area contributed by atoms with E-state index < -0.39 is 0 Å². The lowest BCUT2D eigenvalue weighted by atomic mass is 10.1. The van der Waals surface area contributed by atoms with Crippen molar-refractivity contribution in [3.8, 4) is 0 Å². The smallest absolute Gasteiger partial charge is 0.224 e. The summed E-state index contributed by atoms with van der Waals surface area (Å²) in [6, 6.07) is 20.0. The minimum atomic E-state index is 0.0868. The van der Waals surface area contributed by atoms with Gasteiger partial charge < -0.3 is 5.32 Å².